The summed E-state index contributed by atoms with van der Waals surface area (Å²) in [7, 11) is 0. The van der Waals surface area contributed by atoms with Crippen LogP contribution in [0.25, 0.3) is 0 Å². The fourth-order valence-corrected chi connectivity index (χ4v) is 8.32. The molecular formula is C26H31NO7. The number of carbonyl (C=O) groups excluding carboxylic acids is 1. The molecule has 8 nitrogen and oxygen atoms in total. The van der Waals surface area contributed by atoms with Gasteiger partial charge in [0.25, 0.3) is 0 Å². The Balaban J connectivity index is 1.52. The predicted octanol–water partition coefficient (Wildman–Crippen LogP) is 2.14. The van der Waals surface area contributed by atoms with E-state index in [9.17, 15) is 34.8 Å². The maximum atomic E-state index is 13.7. The van der Waals surface area contributed by atoms with Crippen LogP contribution in [0.5, 0.6) is 5.75 Å². The van der Waals surface area contributed by atoms with E-state index in [2.05, 4.69) is 5.32 Å². The van der Waals surface area contributed by atoms with Crippen LogP contribution in [0, 0.1) is 16.7 Å². The van der Waals surface area contributed by atoms with Crippen LogP contribution in [0.3, 0.4) is 0 Å². The number of carboxylic acid groups (broad SMARTS) is 2. The quantitative estimate of drug-likeness (QED) is 0.409. The lowest BCUT2D eigenvalue weighted by molar-refractivity contribution is -0.199. The summed E-state index contributed by atoms with van der Waals surface area (Å²) in [6.07, 6.45) is 3.47. The monoisotopic (exact) mass is 469 g/mol. The molecule has 1 aromatic rings. The number of aliphatic carboxylic acids is 2. The SMILES string of the molecule is O=C(O)CC1(CC(=O)O)C[C@]2(O)C3(CCC4(NCC5CC5)CC42Cc2ccc(O)cc23)CC1=O. The first kappa shape index (κ1) is 22.0. The lowest BCUT2D eigenvalue weighted by Crippen LogP contribution is -2.73. The fourth-order valence-electron chi connectivity index (χ4n) is 8.32. The second kappa shape index (κ2) is 6.61. The molecule has 2 bridgehead atoms. The van der Waals surface area contributed by atoms with E-state index in [4.69, 9.17) is 0 Å². The number of phenolic OH excluding ortho intramolecular Hbond substituents is 1. The third kappa shape index (κ3) is 2.64. The summed E-state index contributed by atoms with van der Waals surface area (Å²) >= 11 is 0. The molecular weight excluding hydrogens is 438 g/mol. The van der Waals surface area contributed by atoms with Gasteiger partial charge in [-0.3, -0.25) is 14.4 Å². The standard InChI is InChI=1S/C26H31NO7/c28-17-4-3-16-8-24-14-25(24,27-12-15-1-2-15)6-5-23(18(16)7-17)9-19(29)22(10-20(30)31,11-21(32)33)13-26(23,24)34/h3-4,7,15,27-28,34H,1-2,5-6,8-14H2,(H,30,31)(H,32,33)/t23?,24?,25?,26-/m0/s1. The number of ketones is 1. The lowest BCUT2D eigenvalue weighted by Gasteiger charge is -2.65. The van der Waals surface area contributed by atoms with Crippen molar-refractivity contribution in [2.24, 2.45) is 16.7 Å². The normalized spacial score (nSPS) is 38.9. The van der Waals surface area contributed by atoms with Crippen LogP contribution in [0.1, 0.15) is 68.9 Å². The summed E-state index contributed by atoms with van der Waals surface area (Å²) in [6.45, 7) is 0.877. The summed E-state index contributed by atoms with van der Waals surface area (Å²) in [6, 6.07) is 5.16. The van der Waals surface area contributed by atoms with Crippen molar-refractivity contribution >= 4 is 17.7 Å². The summed E-state index contributed by atoms with van der Waals surface area (Å²) in [4.78, 5) is 37.3. The number of aromatic hydroxyl groups is 1. The van der Waals surface area contributed by atoms with Gasteiger partial charge < -0.3 is 25.7 Å². The number of carboxylic acids is 2. The lowest BCUT2D eigenvalue weighted by atomic mass is 9.40. The highest BCUT2D eigenvalue weighted by Gasteiger charge is 2.86. The Morgan fingerprint density at radius 1 is 1.03 bits per heavy atom. The zero-order valence-corrected chi connectivity index (χ0v) is 19.1. The van der Waals surface area contributed by atoms with E-state index in [1.807, 2.05) is 6.07 Å². The van der Waals surface area contributed by atoms with Crippen LogP contribution in [0.2, 0.25) is 0 Å². The Morgan fingerprint density at radius 3 is 2.38 bits per heavy atom. The van der Waals surface area contributed by atoms with Crippen molar-refractivity contribution < 1.29 is 34.8 Å². The van der Waals surface area contributed by atoms with Gasteiger partial charge >= 0.3 is 11.9 Å². The van der Waals surface area contributed by atoms with Gasteiger partial charge in [0.15, 0.2) is 0 Å². The van der Waals surface area contributed by atoms with Crippen molar-refractivity contribution in [3.63, 3.8) is 0 Å². The third-order valence-corrected chi connectivity index (χ3v) is 10.1. The maximum absolute atomic E-state index is 13.7. The first-order valence-electron chi connectivity index (χ1n) is 12.3. The van der Waals surface area contributed by atoms with E-state index in [1.54, 1.807) is 12.1 Å². The van der Waals surface area contributed by atoms with E-state index in [0.717, 1.165) is 30.5 Å². The van der Waals surface area contributed by atoms with Gasteiger partial charge in [-0.15, -0.1) is 0 Å². The van der Waals surface area contributed by atoms with Crippen molar-refractivity contribution in [1.29, 1.82) is 0 Å². The molecule has 0 heterocycles. The fraction of sp³-hybridized carbons (Fsp3) is 0.654. The third-order valence-electron chi connectivity index (χ3n) is 10.1. The number of nitrogens with one attached hydrogen (secondary N) is 1. The van der Waals surface area contributed by atoms with Crippen LogP contribution in [-0.2, 0) is 26.2 Å². The number of Topliss-reactive ketones (excluding diaryl/α,β-unsaturated/α-hetero) is 1. The molecule has 1 aromatic carbocycles. The van der Waals surface area contributed by atoms with Crippen LogP contribution in [0.15, 0.2) is 18.2 Å². The van der Waals surface area contributed by atoms with Crippen LogP contribution < -0.4 is 5.32 Å². The molecule has 6 rings (SSSR count). The van der Waals surface area contributed by atoms with E-state index < -0.39 is 52.4 Å². The maximum Gasteiger partial charge on any atom is 0.304 e. The molecule has 8 heteroatoms. The zero-order valence-electron chi connectivity index (χ0n) is 19.1. The Bertz CT molecular complexity index is 1110. The highest BCUT2D eigenvalue weighted by molar-refractivity contribution is 5.94. The van der Waals surface area contributed by atoms with E-state index >= 15 is 0 Å². The second-order valence-corrected chi connectivity index (χ2v) is 11.8. The molecule has 0 radical (unpaired) electrons. The van der Waals surface area contributed by atoms with Crippen molar-refractivity contribution in [1.82, 2.24) is 5.32 Å². The molecule has 5 aliphatic carbocycles. The zero-order chi connectivity index (χ0) is 24.1. The summed E-state index contributed by atoms with van der Waals surface area (Å²) in [5.41, 5.74) is -3.20. The number of fused-ring (bicyclic) bond motifs is 1. The molecule has 0 aromatic heterocycles. The molecule has 4 atom stereocenters. The van der Waals surface area contributed by atoms with Gasteiger partial charge in [0.1, 0.15) is 11.5 Å². The number of rotatable bonds is 7. The highest BCUT2D eigenvalue weighted by atomic mass is 16.4. The van der Waals surface area contributed by atoms with Gasteiger partial charge in [0, 0.05) is 22.8 Å². The summed E-state index contributed by atoms with van der Waals surface area (Å²) in [5, 5.41) is 46.1. The molecule has 34 heavy (non-hydrogen) atoms. The largest absolute Gasteiger partial charge is 0.508 e. The minimum atomic E-state index is -1.65. The molecule has 4 fully saturated rings. The van der Waals surface area contributed by atoms with Crippen molar-refractivity contribution in [3.05, 3.63) is 29.3 Å². The van der Waals surface area contributed by atoms with Gasteiger partial charge in [-0.2, -0.15) is 0 Å². The highest BCUT2D eigenvalue weighted by Crippen LogP contribution is 2.80. The Morgan fingerprint density at radius 2 is 1.74 bits per heavy atom. The molecule has 0 aliphatic heterocycles. The van der Waals surface area contributed by atoms with Gasteiger partial charge in [-0.1, -0.05) is 6.07 Å². The molecule has 1 spiro atoms. The van der Waals surface area contributed by atoms with E-state index in [-0.39, 0.29) is 24.1 Å². The van der Waals surface area contributed by atoms with Crippen molar-refractivity contribution in [3.8, 4) is 5.75 Å². The second-order valence-electron chi connectivity index (χ2n) is 11.8. The Labute approximate surface area is 197 Å². The minimum absolute atomic E-state index is 0.0614. The smallest absolute Gasteiger partial charge is 0.304 e. The molecule has 0 saturated heterocycles. The Hall–Kier alpha value is -2.45. The molecule has 5 aliphatic rings. The number of hydrogen-bond donors (Lipinski definition) is 5. The average molecular weight is 470 g/mol. The summed E-state index contributed by atoms with van der Waals surface area (Å²) < 4.78 is 0. The Kier molecular flexibility index (Phi) is 4.28. The topological polar surface area (TPSA) is 144 Å². The van der Waals surface area contributed by atoms with Gasteiger partial charge in [0.05, 0.1) is 23.9 Å². The number of aliphatic hydroxyl groups is 1. The molecule has 5 N–H and O–H groups in total. The number of benzene rings is 1. The van der Waals surface area contributed by atoms with E-state index in [0.29, 0.717) is 18.8 Å². The van der Waals surface area contributed by atoms with Crippen LogP contribution in [-0.4, -0.2) is 55.8 Å². The first-order chi connectivity index (χ1) is 16.0. The summed E-state index contributed by atoms with van der Waals surface area (Å²) in [5.74, 6) is -2.18. The number of phenols is 1. The van der Waals surface area contributed by atoms with Crippen LogP contribution in [0.4, 0.5) is 0 Å². The molecule has 3 unspecified atom stereocenters. The number of carbonyl (C=O) groups is 3. The van der Waals surface area contributed by atoms with Gasteiger partial charge in [-0.25, -0.2) is 0 Å². The first-order valence-corrected chi connectivity index (χ1v) is 12.3. The predicted molar refractivity (Wildman–Crippen MR) is 119 cm³/mol. The molecule has 0 amide bonds. The number of hydrogen-bond acceptors (Lipinski definition) is 6. The van der Waals surface area contributed by atoms with E-state index in [1.165, 1.54) is 12.8 Å². The van der Waals surface area contributed by atoms with Gasteiger partial charge in [-0.05, 0) is 80.7 Å². The van der Waals surface area contributed by atoms with Gasteiger partial charge in [0.2, 0.25) is 0 Å². The molecule has 182 valence electrons. The molecule has 4 saturated carbocycles. The van der Waals surface area contributed by atoms with Crippen LogP contribution >= 0.6 is 0 Å². The average Bonchev–Trinajstić information content (AvgIpc) is 3.64. The van der Waals surface area contributed by atoms with Crippen molar-refractivity contribution in [2.45, 2.75) is 80.8 Å². The minimum Gasteiger partial charge on any atom is -0.508 e. The van der Waals surface area contributed by atoms with Crippen molar-refractivity contribution in [2.75, 3.05) is 6.54 Å².